The summed E-state index contributed by atoms with van der Waals surface area (Å²) in [7, 11) is 0. The smallest absolute Gasteiger partial charge is 0.325 e. The van der Waals surface area contributed by atoms with Gasteiger partial charge in [0.15, 0.2) is 0 Å². The number of carboxylic acid groups (broad SMARTS) is 1. The van der Waals surface area contributed by atoms with Gasteiger partial charge in [-0.25, -0.2) is 0 Å². The van der Waals surface area contributed by atoms with Gasteiger partial charge in [0.25, 0.3) is 0 Å². The number of carboxylic acids is 1. The Hall–Kier alpha value is -1.35. The van der Waals surface area contributed by atoms with Crippen molar-refractivity contribution in [3.05, 3.63) is 36.0 Å². The molecule has 0 aromatic carbocycles. The van der Waals surface area contributed by atoms with Gasteiger partial charge in [0.1, 0.15) is 6.04 Å². The van der Waals surface area contributed by atoms with Gasteiger partial charge in [0, 0.05) is 0 Å². The van der Waals surface area contributed by atoms with Crippen LogP contribution in [0.5, 0.6) is 0 Å². The third-order valence-corrected chi connectivity index (χ3v) is 4.17. The molecule has 19 heavy (non-hydrogen) atoms. The second kappa shape index (κ2) is 6.20. The molecule has 0 aromatic rings. The molecule has 2 rings (SSSR count). The van der Waals surface area contributed by atoms with Gasteiger partial charge in [-0.05, 0) is 43.3 Å². The summed E-state index contributed by atoms with van der Waals surface area (Å²) in [5, 5.41) is 9.62. The Labute approximate surface area is 115 Å². The van der Waals surface area contributed by atoms with Gasteiger partial charge in [-0.3, -0.25) is 9.69 Å². The second-order valence-electron chi connectivity index (χ2n) is 5.68. The van der Waals surface area contributed by atoms with Crippen LogP contribution in [-0.2, 0) is 4.79 Å². The molecule has 0 saturated carbocycles. The number of hydrogen-bond donors (Lipinski definition) is 1. The minimum atomic E-state index is -0.726. The topological polar surface area (TPSA) is 40.5 Å². The molecule has 3 nitrogen and oxygen atoms in total. The highest BCUT2D eigenvalue weighted by Crippen LogP contribution is 2.27. The van der Waals surface area contributed by atoms with E-state index in [1.54, 1.807) is 0 Å². The molecule has 1 aliphatic carbocycles. The highest BCUT2D eigenvalue weighted by Gasteiger charge is 2.32. The van der Waals surface area contributed by atoms with Crippen LogP contribution in [0, 0.1) is 11.8 Å². The van der Waals surface area contributed by atoms with Gasteiger partial charge in [-0.1, -0.05) is 44.2 Å². The van der Waals surface area contributed by atoms with Crippen LogP contribution in [0.2, 0.25) is 0 Å². The molecule has 1 aliphatic heterocycles. The predicted octanol–water partition coefficient (Wildman–Crippen LogP) is 2.86. The Bertz CT molecular complexity index is 414. The summed E-state index contributed by atoms with van der Waals surface area (Å²) in [5.74, 6) is 0.165. The second-order valence-corrected chi connectivity index (χ2v) is 5.68. The van der Waals surface area contributed by atoms with E-state index in [9.17, 15) is 9.90 Å². The average molecular weight is 261 g/mol. The van der Waals surface area contributed by atoms with Crippen LogP contribution in [-0.4, -0.2) is 35.1 Å². The third kappa shape index (κ3) is 3.35. The molecule has 2 atom stereocenters. The first-order chi connectivity index (χ1) is 9.09. The maximum Gasteiger partial charge on any atom is 0.325 e. The molecule has 1 fully saturated rings. The van der Waals surface area contributed by atoms with Crippen molar-refractivity contribution in [3.8, 4) is 0 Å². The standard InChI is InChI=1S/C16H23NO2/c1-12-8-10-17(11-9-12)15(16(18)19)14-7-5-3-4-6-13(14)2/h3-7,12-13,15H,8-11H2,1-2H3,(H,18,19). The molecule has 0 amide bonds. The summed E-state index contributed by atoms with van der Waals surface area (Å²) >= 11 is 0. The van der Waals surface area contributed by atoms with Gasteiger partial charge in [-0.15, -0.1) is 0 Å². The molecule has 0 spiro atoms. The van der Waals surface area contributed by atoms with Crippen LogP contribution in [0.15, 0.2) is 36.0 Å². The molecule has 0 radical (unpaired) electrons. The van der Waals surface area contributed by atoms with E-state index in [4.69, 9.17) is 0 Å². The maximum absolute atomic E-state index is 11.7. The SMILES string of the molecule is CC1CCN(C(C(=O)O)C2=CC=CC=CC2C)CC1. The summed E-state index contributed by atoms with van der Waals surface area (Å²) < 4.78 is 0. The number of rotatable bonds is 3. The van der Waals surface area contributed by atoms with E-state index < -0.39 is 12.0 Å². The maximum atomic E-state index is 11.7. The van der Waals surface area contributed by atoms with E-state index in [2.05, 4.69) is 24.8 Å². The lowest BCUT2D eigenvalue weighted by Crippen LogP contribution is -2.47. The zero-order valence-electron chi connectivity index (χ0n) is 11.7. The largest absolute Gasteiger partial charge is 0.480 e. The van der Waals surface area contributed by atoms with Crippen LogP contribution in [0.4, 0.5) is 0 Å². The molecule has 3 heteroatoms. The van der Waals surface area contributed by atoms with Crippen LogP contribution >= 0.6 is 0 Å². The van der Waals surface area contributed by atoms with Gasteiger partial charge in [0.05, 0.1) is 0 Å². The lowest BCUT2D eigenvalue weighted by Gasteiger charge is -2.36. The van der Waals surface area contributed by atoms with E-state index in [1.165, 1.54) is 0 Å². The Morgan fingerprint density at radius 2 is 1.95 bits per heavy atom. The first kappa shape index (κ1) is 14.1. The molecular formula is C16H23NO2. The minimum absolute atomic E-state index is 0.176. The van der Waals surface area contributed by atoms with Crippen molar-refractivity contribution in [3.63, 3.8) is 0 Å². The van der Waals surface area contributed by atoms with Crippen LogP contribution in [0.3, 0.4) is 0 Å². The van der Waals surface area contributed by atoms with Gasteiger partial charge in [-0.2, -0.15) is 0 Å². The van der Waals surface area contributed by atoms with Crippen molar-refractivity contribution < 1.29 is 9.90 Å². The number of nitrogens with zero attached hydrogens (tertiary/aromatic N) is 1. The monoisotopic (exact) mass is 261 g/mol. The quantitative estimate of drug-likeness (QED) is 0.849. The molecular weight excluding hydrogens is 238 g/mol. The fourth-order valence-electron chi connectivity index (χ4n) is 2.86. The van der Waals surface area contributed by atoms with E-state index in [1.807, 2.05) is 24.3 Å². The van der Waals surface area contributed by atoms with Crippen LogP contribution in [0.25, 0.3) is 0 Å². The third-order valence-electron chi connectivity index (χ3n) is 4.17. The molecule has 104 valence electrons. The van der Waals surface area contributed by atoms with Crippen molar-refractivity contribution in [2.24, 2.45) is 11.8 Å². The zero-order valence-corrected chi connectivity index (χ0v) is 11.7. The predicted molar refractivity (Wildman–Crippen MR) is 76.9 cm³/mol. The molecule has 1 saturated heterocycles. The fourth-order valence-corrected chi connectivity index (χ4v) is 2.86. The van der Waals surface area contributed by atoms with E-state index in [-0.39, 0.29) is 5.92 Å². The Morgan fingerprint density at radius 1 is 1.26 bits per heavy atom. The molecule has 2 aliphatic rings. The fraction of sp³-hybridized carbons (Fsp3) is 0.562. The van der Waals surface area contributed by atoms with Crippen molar-refractivity contribution in [2.45, 2.75) is 32.7 Å². The lowest BCUT2D eigenvalue weighted by molar-refractivity contribution is -0.142. The van der Waals surface area contributed by atoms with Crippen molar-refractivity contribution >= 4 is 5.97 Å². The Kier molecular flexibility index (Phi) is 4.59. The van der Waals surface area contributed by atoms with E-state index in [0.717, 1.165) is 31.5 Å². The van der Waals surface area contributed by atoms with Crippen molar-refractivity contribution in [1.29, 1.82) is 0 Å². The summed E-state index contributed by atoms with van der Waals surface area (Å²) in [4.78, 5) is 13.8. The summed E-state index contributed by atoms with van der Waals surface area (Å²) in [6, 6.07) is -0.477. The van der Waals surface area contributed by atoms with Crippen LogP contribution < -0.4 is 0 Å². The molecule has 1 N–H and O–H groups in total. The van der Waals surface area contributed by atoms with E-state index in [0.29, 0.717) is 5.92 Å². The van der Waals surface area contributed by atoms with Crippen molar-refractivity contribution in [1.82, 2.24) is 4.90 Å². The highest BCUT2D eigenvalue weighted by atomic mass is 16.4. The Morgan fingerprint density at radius 3 is 2.58 bits per heavy atom. The Balaban J connectivity index is 2.20. The number of piperidine rings is 1. The average Bonchev–Trinajstić information content (AvgIpc) is 2.57. The zero-order chi connectivity index (χ0) is 13.8. The van der Waals surface area contributed by atoms with Gasteiger partial charge >= 0.3 is 5.97 Å². The van der Waals surface area contributed by atoms with Gasteiger partial charge < -0.3 is 5.11 Å². The minimum Gasteiger partial charge on any atom is -0.480 e. The number of hydrogen-bond acceptors (Lipinski definition) is 2. The first-order valence-corrected chi connectivity index (χ1v) is 7.11. The number of likely N-dealkylation sites (tertiary alicyclic amines) is 1. The summed E-state index contributed by atoms with van der Waals surface area (Å²) in [6.45, 7) is 6.08. The summed E-state index contributed by atoms with van der Waals surface area (Å²) in [6.07, 6.45) is 12.1. The van der Waals surface area contributed by atoms with Gasteiger partial charge in [0.2, 0.25) is 0 Å². The normalized spacial score (nSPS) is 26.8. The number of carbonyl (C=O) groups is 1. The first-order valence-electron chi connectivity index (χ1n) is 7.11. The van der Waals surface area contributed by atoms with Crippen molar-refractivity contribution in [2.75, 3.05) is 13.1 Å². The number of allylic oxidation sites excluding steroid dienone is 5. The van der Waals surface area contributed by atoms with E-state index >= 15 is 0 Å². The molecule has 1 heterocycles. The highest BCUT2D eigenvalue weighted by molar-refractivity contribution is 5.78. The molecule has 2 unspecified atom stereocenters. The van der Waals surface area contributed by atoms with Crippen LogP contribution in [0.1, 0.15) is 26.7 Å². The summed E-state index contributed by atoms with van der Waals surface area (Å²) in [5.41, 5.74) is 0.993. The lowest BCUT2D eigenvalue weighted by atomic mass is 9.90. The molecule has 0 bridgehead atoms. The molecule has 0 aromatic heterocycles. The number of aliphatic carboxylic acids is 1.